The number of sulfonamides is 1. The lowest BCUT2D eigenvalue weighted by Crippen LogP contribution is -2.25. The second-order valence-electron chi connectivity index (χ2n) is 5.06. The van der Waals surface area contributed by atoms with E-state index in [1.54, 1.807) is 19.1 Å². The van der Waals surface area contributed by atoms with E-state index < -0.39 is 19.9 Å². The molecule has 1 atom stereocenters. The van der Waals surface area contributed by atoms with Gasteiger partial charge in [0, 0.05) is 24.5 Å². The predicted molar refractivity (Wildman–Crippen MR) is 84.7 cm³/mol. The molecular weight excluding hydrogens is 312 g/mol. The Morgan fingerprint density at radius 1 is 1.10 bits per heavy atom. The average molecular weight is 334 g/mol. The number of rotatable bonds is 8. The molecule has 1 rings (SSSR count). The molecule has 1 unspecified atom stereocenters. The first kappa shape index (κ1) is 17.9. The third-order valence-electron chi connectivity index (χ3n) is 2.67. The lowest BCUT2D eigenvalue weighted by atomic mass is 10.3. The van der Waals surface area contributed by atoms with Gasteiger partial charge in [-0.25, -0.2) is 21.6 Å². The summed E-state index contributed by atoms with van der Waals surface area (Å²) in [6.07, 6.45) is 1.90. The molecule has 0 bridgehead atoms. The average Bonchev–Trinajstić information content (AvgIpc) is 2.34. The van der Waals surface area contributed by atoms with Gasteiger partial charge in [-0.3, -0.25) is 0 Å². The summed E-state index contributed by atoms with van der Waals surface area (Å²) in [7, 11) is -6.52. The van der Waals surface area contributed by atoms with E-state index in [2.05, 4.69) is 10.0 Å². The number of hydrogen-bond donors (Lipinski definition) is 2. The normalized spacial score (nSPS) is 13.9. The Morgan fingerprint density at radius 2 is 1.67 bits per heavy atom. The zero-order valence-electron chi connectivity index (χ0n) is 12.5. The summed E-state index contributed by atoms with van der Waals surface area (Å²) >= 11 is 0. The summed E-state index contributed by atoms with van der Waals surface area (Å²) in [5.74, 6) is 0.0190. The van der Waals surface area contributed by atoms with E-state index in [0.29, 0.717) is 12.2 Å². The van der Waals surface area contributed by atoms with Gasteiger partial charge in [0.15, 0.2) is 0 Å². The van der Waals surface area contributed by atoms with Gasteiger partial charge in [-0.05, 0) is 37.6 Å². The van der Waals surface area contributed by atoms with E-state index in [4.69, 9.17) is 0 Å². The molecule has 0 spiro atoms. The highest BCUT2D eigenvalue weighted by Gasteiger charge is 2.14. The topological polar surface area (TPSA) is 92.3 Å². The fraction of sp³-hybridized carbons (Fsp3) is 0.538. The Balaban J connectivity index is 2.74. The molecule has 0 radical (unpaired) electrons. The summed E-state index contributed by atoms with van der Waals surface area (Å²) in [5.41, 5.74) is 0.681. The van der Waals surface area contributed by atoms with E-state index in [1.807, 2.05) is 6.92 Å². The molecule has 1 aromatic rings. The summed E-state index contributed by atoms with van der Waals surface area (Å²) in [6.45, 7) is 4.04. The molecule has 0 aliphatic carbocycles. The van der Waals surface area contributed by atoms with Crippen molar-refractivity contribution in [3.63, 3.8) is 0 Å². The van der Waals surface area contributed by atoms with Gasteiger partial charge in [0.2, 0.25) is 10.0 Å². The van der Waals surface area contributed by atoms with Crippen LogP contribution in [-0.4, -0.2) is 41.4 Å². The van der Waals surface area contributed by atoms with Crippen LogP contribution in [0.15, 0.2) is 29.2 Å². The second kappa shape index (κ2) is 7.24. The Bertz CT molecular complexity index is 652. The number of hydrogen-bond acceptors (Lipinski definition) is 5. The van der Waals surface area contributed by atoms with Crippen LogP contribution in [0.1, 0.15) is 20.3 Å². The molecule has 0 aromatic heterocycles. The molecule has 6 nitrogen and oxygen atoms in total. The Hall–Kier alpha value is -1.12. The maximum atomic E-state index is 11.9. The molecule has 8 heteroatoms. The zero-order chi connectivity index (χ0) is 16.1. The number of anilines is 1. The van der Waals surface area contributed by atoms with Crippen molar-refractivity contribution in [1.29, 1.82) is 0 Å². The van der Waals surface area contributed by atoms with Crippen LogP contribution in [0.5, 0.6) is 0 Å². The molecule has 0 aliphatic heterocycles. The molecule has 21 heavy (non-hydrogen) atoms. The van der Waals surface area contributed by atoms with Crippen LogP contribution in [0.25, 0.3) is 0 Å². The van der Waals surface area contributed by atoms with Crippen molar-refractivity contribution < 1.29 is 16.8 Å². The molecule has 0 saturated heterocycles. The van der Waals surface area contributed by atoms with E-state index >= 15 is 0 Å². The maximum absolute atomic E-state index is 11.9. The first-order chi connectivity index (χ1) is 9.64. The van der Waals surface area contributed by atoms with E-state index in [9.17, 15) is 16.8 Å². The summed E-state index contributed by atoms with van der Waals surface area (Å²) in [6, 6.07) is 5.99. The third kappa shape index (κ3) is 6.45. The van der Waals surface area contributed by atoms with Crippen molar-refractivity contribution in [3.8, 4) is 0 Å². The van der Waals surface area contributed by atoms with Crippen LogP contribution in [0.4, 0.5) is 5.69 Å². The van der Waals surface area contributed by atoms with Crippen LogP contribution in [0.2, 0.25) is 0 Å². The molecule has 120 valence electrons. The number of nitrogens with one attached hydrogen (secondary N) is 2. The minimum atomic E-state index is -3.47. The first-order valence-electron chi connectivity index (χ1n) is 6.68. The van der Waals surface area contributed by atoms with Crippen LogP contribution >= 0.6 is 0 Å². The first-order valence-corrected chi connectivity index (χ1v) is 10.2. The van der Waals surface area contributed by atoms with Gasteiger partial charge in [-0.1, -0.05) is 6.92 Å². The lowest BCUT2D eigenvalue weighted by molar-refractivity contribution is 0.580. The van der Waals surface area contributed by atoms with E-state index in [-0.39, 0.29) is 16.7 Å². The van der Waals surface area contributed by atoms with Gasteiger partial charge in [-0.15, -0.1) is 0 Å². The highest BCUT2D eigenvalue weighted by molar-refractivity contribution is 7.90. The van der Waals surface area contributed by atoms with Gasteiger partial charge in [0.25, 0.3) is 0 Å². The summed E-state index contributed by atoms with van der Waals surface area (Å²) < 4.78 is 48.7. The maximum Gasteiger partial charge on any atom is 0.240 e. The van der Waals surface area contributed by atoms with Crippen molar-refractivity contribution in [2.45, 2.75) is 31.2 Å². The minimum absolute atomic E-state index is 0.0190. The number of sulfone groups is 1. The van der Waals surface area contributed by atoms with Gasteiger partial charge in [0.1, 0.15) is 9.84 Å². The monoisotopic (exact) mass is 334 g/mol. The fourth-order valence-electron chi connectivity index (χ4n) is 1.83. The molecule has 0 fully saturated rings. The fourth-order valence-corrected chi connectivity index (χ4v) is 3.96. The Labute approximate surface area is 126 Å². The van der Waals surface area contributed by atoms with Gasteiger partial charge in [-0.2, -0.15) is 0 Å². The molecule has 0 heterocycles. The third-order valence-corrected chi connectivity index (χ3v) is 5.25. The van der Waals surface area contributed by atoms with Crippen molar-refractivity contribution >= 4 is 25.5 Å². The van der Waals surface area contributed by atoms with Crippen molar-refractivity contribution in [2.24, 2.45) is 0 Å². The quantitative estimate of drug-likeness (QED) is 0.746. The molecule has 0 aliphatic rings. The number of benzene rings is 1. The highest BCUT2D eigenvalue weighted by Crippen LogP contribution is 2.15. The largest absolute Gasteiger partial charge is 0.382 e. The van der Waals surface area contributed by atoms with Crippen LogP contribution in [-0.2, 0) is 19.9 Å². The van der Waals surface area contributed by atoms with Gasteiger partial charge in [0.05, 0.1) is 10.6 Å². The molecule has 0 amide bonds. The minimum Gasteiger partial charge on any atom is -0.382 e. The van der Waals surface area contributed by atoms with E-state index in [1.165, 1.54) is 18.4 Å². The van der Waals surface area contributed by atoms with Gasteiger partial charge >= 0.3 is 0 Å². The highest BCUT2D eigenvalue weighted by atomic mass is 32.2. The SMILES string of the molecule is CCCNS(=O)(=O)c1ccc(NC(C)CS(C)(=O)=O)cc1. The van der Waals surface area contributed by atoms with Crippen molar-refractivity contribution in [1.82, 2.24) is 4.72 Å². The molecular formula is C13H22N2O4S2. The Kier molecular flexibility index (Phi) is 6.18. The van der Waals surface area contributed by atoms with Crippen molar-refractivity contribution in [3.05, 3.63) is 24.3 Å². The van der Waals surface area contributed by atoms with Crippen LogP contribution in [0.3, 0.4) is 0 Å². The standard InChI is InChI=1S/C13H22N2O4S2/c1-4-9-14-21(18,19)13-7-5-12(6-8-13)15-11(2)10-20(3,16)17/h5-8,11,14-15H,4,9-10H2,1-3H3. The predicted octanol–water partition coefficient (Wildman–Crippen LogP) is 1.22. The smallest absolute Gasteiger partial charge is 0.240 e. The molecule has 1 aromatic carbocycles. The van der Waals surface area contributed by atoms with Crippen molar-refractivity contribution in [2.75, 3.05) is 23.9 Å². The van der Waals surface area contributed by atoms with E-state index in [0.717, 1.165) is 6.42 Å². The van der Waals surface area contributed by atoms with Gasteiger partial charge < -0.3 is 5.32 Å². The lowest BCUT2D eigenvalue weighted by Gasteiger charge is -2.14. The second-order valence-corrected chi connectivity index (χ2v) is 9.01. The molecule has 0 saturated carbocycles. The summed E-state index contributed by atoms with van der Waals surface area (Å²) in [5, 5.41) is 3.03. The van der Waals surface area contributed by atoms with Crippen LogP contribution < -0.4 is 10.0 Å². The molecule has 2 N–H and O–H groups in total. The Morgan fingerprint density at radius 3 is 2.14 bits per heavy atom. The van der Waals surface area contributed by atoms with Crippen LogP contribution in [0, 0.1) is 0 Å². The summed E-state index contributed by atoms with van der Waals surface area (Å²) in [4.78, 5) is 0.192. The zero-order valence-corrected chi connectivity index (χ0v) is 14.1.